The van der Waals surface area contributed by atoms with E-state index >= 15 is 0 Å². The lowest BCUT2D eigenvalue weighted by atomic mass is 10.2. The van der Waals surface area contributed by atoms with Crippen LogP contribution in [0.3, 0.4) is 0 Å². The lowest BCUT2D eigenvalue weighted by Crippen LogP contribution is -2.23. The van der Waals surface area contributed by atoms with Crippen molar-refractivity contribution in [2.24, 2.45) is 0 Å². The molecule has 7 heteroatoms. The fourth-order valence-electron chi connectivity index (χ4n) is 1.01. The maximum absolute atomic E-state index is 13.3. The number of carboxylic acid groups (broad SMARTS) is 1. The van der Waals surface area contributed by atoms with Gasteiger partial charge in [-0.3, -0.25) is 4.72 Å². The summed E-state index contributed by atoms with van der Waals surface area (Å²) in [7, 11) is -3.70. The van der Waals surface area contributed by atoms with Crippen molar-refractivity contribution >= 4 is 21.7 Å². The molecule has 0 saturated carbocycles. The molecule has 0 aliphatic carbocycles. The van der Waals surface area contributed by atoms with Crippen molar-refractivity contribution in [3.8, 4) is 0 Å². The topological polar surface area (TPSA) is 83.5 Å². The molecule has 0 bridgehead atoms. The minimum atomic E-state index is -3.70. The molecule has 0 heterocycles. The van der Waals surface area contributed by atoms with Gasteiger partial charge < -0.3 is 5.11 Å². The van der Waals surface area contributed by atoms with Crippen LogP contribution in [0.4, 0.5) is 10.1 Å². The Morgan fingerprint density at radius 3 is 2.47 bits per heavy atom. The Labute approximate surface area is 98.3 Å². The Morgan fingerprint density at radius 1 is 1.41 bits per heavy atom. The molecule has 17 heavy (non-hydrogen) atoms. The largest absolute Gasteiger partial charge is 0.478 e. The van der Waals surface area contributed by atoms with Crippen molar-refractivity contribution in [3.05, 3.63) is 29.6 Å². The highest BCUT2D eigenvalue weighted by molar-refractivity contribution is 7.93. The summed E-state index contributed by atoms with van der Waals surface area (Å²) in [5.74, 6) is -2.07. The molecule has 0 saturated heterocycles. The summed E-state index contributed by atoms with van der Waals surface area (Å²) in [4.78, 5) is 10.7. The van der Waals surface area contributed by atoms with E-state index in [1.54, 1.807) is 0 Å². The van der Waals surface area contributed by atoms with Gasteiger partial charge in [0, 0.05) is 0 Å². The molecule has 1 rings (SSSR count). The Kier molecular flexibility index (Phi) is 3.72. The van der Waals surface area contributed by atoms with Crippen molar-refractivity contribution in [1.82, 2.24) is 0 Å². The summed E-state index contributed by atoms with van der Waals surface area (Å²) >= 11 is 0. The van der Waals surface area contributed by atoms with Crippen LogP contribution in [0.2, 0.25) is 0 Å². The van der Waals surface area contributed by atoms with Gasteiger partial charge in [-0.1, -0.05) is 0 Å². The van der Waals surface area contributed by atoms with Gasteiger partial charge in [0.2, 0.25) is 10.0 Å². The number of hydrogen-bond acceptors (Lipinski definition) is 3. The number of aromatic carboxylic acids is 1. The minimum Gasteiger partial charge on any atom is -0.478 e. The molecule has 0 fully saturated rings. The van der Waals surface area contributed by atoms with Gasteiger partial charge in [-0.2, -0.15) is 0 Å². The molecule has 1 aromatic rings. The SMILES string of the molecule is CC(C)S(=O)(=O)Nc1cc(C(=O)O)ccc1F. The molecular weight excluding hydrogens is 249 g/mol. The Morgan fingerprint density at radius 2 is 2.00 bits per heavy atom. The molecular formula is C10H12FNO4S. The Hall–Kier alpha value is -1.63. The minimum absolute atomic E-state index is 0.187. The first-order valence-corrected chi connectivity index (χ1v) is 6.33. The lowest BCUT2D eigenvalue weighted by molar-refractivity contribution is 0.0697. The van der Waals surface area contributed by atoms with Gasteiger partial charge >= 0.3 is 5.97 Å². The third-order valence-corrected chi connectivity index (χ3v) is 3.83. The zero-order valence-electron chi connectivity index (χ0n) is 9.27. The fourth-order valence-corrected chi connectivity index (χ4v) is 1.71. The molecule has 2 N–H and O–H groups in total. The molecule has 94 valence electrons. The second-order valence-corrected chi connectivity index (χ2v) is 5.93. The molecule has 5 nitrogen and oxygen atoms in total. The quantitative estimate of drug-likeness (QED) is 0.863. The van der Waals surface area contributed by atoms with Gasteiger partial charge in [0.05, 0.1) is 16.5 Å². The lowest BCUT2D eigenvalue weighted by Gasteiger charge is -2.11. The summed E-state index contributed by atoms with van der Waals surface area (Å²) in [6.07, 6.45) is 0. The van der Waals surface area contributed by atoms with Crippen LogP contribution >= 0.6 is 0 Å². The standard InChI is InChI=1S/C10H12FNO4S/c1-6(2)17(15,16)12-9-5-7(10(13)14)3-4-8(9)11/h3-6,12H,1-2H3,(H,13,14). The monoisotopic (exact) mass is 261 g/mol. The van der Waals surface area contributed by atoms with Gasteiger partial charge in [-0.05, 0) is 32.0 Å². The fraction of sp³-hybridized carbons (Fsp3) is 0.300. The summed E-state index contributed by atoms with van der Waals surface area (Å²) in [5, 5.41) is 7.97. The summed E-state index contributed by atoms with van der Waals surface area (Å²) in [5.41, 5.74) is -0.550. The van der Waals surface area contributed by atoms with Gasteiger partial charge in [0.25, 0.3) is 0 Å². The van der Waals surface area contributed by atoms with Gasteiger partial charge in [0.1, 0.15) is 5.82 Å². The zero-order valence-corrected chi connectivity index (χ0v) is 10.1. The van der Waals surface area contributed by atoms with E-state index in [9.17, 15) is 17.6 Å². The third kappa shape index (κ3) is 3.16. The number of rotatable bonds is 4. The Balaban J connectivity index is 3.15. The van der Waals surface area contributed by atoms with Crippen LogP contribution in [0.5, 0.6) is 0 Å². The number of carboxylic acids is 1. The first-order valence-electron chi connectivity index (χ1n) is 4.78. The van der Waals surface area contributed by atoms with E-state index in [0.717, 1.165) is 18.2 Å². The van der Waals surface area contributed by atoms with Crippen molar-refractivity contribution in [3.63, 3.8) is 0 Å². The number of sulfonamides is 1. The second kappa shape index (κ2) is 4.70. The van der Waals surface area contributed by atoms with E-state index in [1.807, 2.05) is 4.72 Å². The molecule has 0 radical (unpaired) electrons. The van der Waals surface area contributed by atoms with Gasteiger partial charge in [-0.15, -0.1) is 0 Å². The summed E-state index contributed by atoms with van der Waals surface area (Å²) < 4.78 is 38.3. The summed E-state index contributed by atoms with van der Waals surface area (Å²) in [6, 6.07) is 2.91. The third-order valence-electron chi connectivity index (χ3n) is 2.09. The van der Waals surface area contributed by atoms with E-state index in [4.69, 9.17) is 5.11 Å². The average molecular weight is 261 g/mol. The van der Waals surface area contributed by atoms with Gasteiger partial charge in [0.15, 0.2) is 0 Å². The molecule has 0 aliphatic heterocycles. The van der Waals surface area contributed by atoms with Crippen LogP contribution < -0.4 is 4.72 Å². The van der Waals surface area contributed by atoms with E-state index in [2.05, 4.69) is 0 Å². The number of anilines is 1. The molecule has 0 unspecified atom stereocenters. The van der Waals surface area contributed by atoms with Gasteiger partial charge in [-0.25, -0.2) is 17.6 Å². The number of halogens is 1. The van der Waals surface area contributed by atoms with Crippen molar-refractivity contribution in [2.45, 2.75) is 19.1 Å². The predicted octanol–water partition coefficient (Wildman–Crippen LogP) is 1.67. The molecule has 0 aromatic heterocycles. The highest BCUT2D eigenvalue weighted by Crippen LogP contribution is 2.18. The van der Waals surface area contributed by atoms with Crippen LogP contribution in [-0.2, 0) is 10.0 Å². The molecule has 0 amide bonds. The first-order chi connectivity index (χ1) is 7.74. The number of benzene rings is 1. The normalized spacial score (nSPS) is 11.5. The average Bonchev–Trinajstić information content (AvgIpc) is 2.20. The highest BCUT2D eigenvalue weighted by Gasteiger charge is 2.18. The van der Waals surface area contributed by atoms with Crippen molar-refractivity contribution in [2.75, 3.05) is 4.72 Å². The van der Waals surface area contributed by atoms with Crippen LogP contribution in [0.1, 0.15) is 24.2 Å². The van der Waals surface area contributed by atoms with Crippen molar-refractivity contribution < 1.29 is 22.7 Å². The molecule has 1 aromatic carbocycles. The Bertz CT molecular complexity index is 539. The summed E-state index contributed by atoms with van der Waals surface area (Å²) in [6.45, 7) is 2.86. The molecule has 0 aliphatic rings. The first kappa shape index (κ1) is 13.4. The smallest absolute Gasteiger partial charge is 0.335 e. The molecule has 0 atom stereocenters. The van der Waals surface area contributed by atoms with E-state index < -0.39 is 27.1 Å². The van der Waals surface area contributed by atoms with Crippen molar-refractivity contribution in [1.29, 1.82) is 0 Å². The predicted molar refractivity (Wildman–Crippen MR) is 61.0 cm³/mol. The van der Waals surface area contributed by atoms with Crippen LogP contribution in [0, 0.1) is 5.82 Å². The highest BCUT2D eigenvalue weighted by atomic mass is 32.2. The maximum Gasteiger partial charge on any atom is 0.335 e. The number of hydrogen-bond donors (Lipinski definition) is 2. The number of nitrogens with one attached hydrogen (secondary N) is 1. The second-order valence-electron chi connectivity index (χ2n) is 3.70. The van der Waals surface area contributed by atoms with Crippen LogP contribution in [0.15, 0.2) is 18.2 Å². The van der Waals surface area contributed by atoms with Crippen LogP contribution in [-0.4, -0.2) is 24.7 Å². The number of carbonyl (C=O) groups is 1. The van der Waals surface area contributed by atoms with E-state index in [-0.39, 0.29) is 11.3 Å². The van der Waals surface area contributed by atoms with Crippen LogP contribution in [0.25, 0.3) is 0 Å². The maximum atomic E-state index is 13.3. The molecule has 0 spiro atoms. The zero-order chi connectivity index (χ0) is 13.2. The van der Waals surface area contributed by atoms with E-state index in [0.29, 0.717) is 0 Å². The van der Waals surface area contributed by atoms with E-state index in [1.165, 1.54) is 13.8 Å².